The highest BCUT2D eigenvalue weighted by atomic mass is 79.9. The molecular weight excluding hydrogens is 542 g/mol. The molecule has 3 aliphatic rings. The molecule has 36 heavy (non-hydrogen) atoms. The largest absolute Gasteiger partial charge is 0.343 e. The third-order valence-corrected chi connectivity index (χ3v) is 9.09. The molecule has 8 heteroatoms. The van der Waals surface area contributed by atoms with Crippen LogP contribution in [0.2, 0.25) is 5.02 Å². The summed E-state index contributed by atoms with van der Waals surface area (Å²) >= 11 is 9.90. The molecule has 1 N–H and O–H groups in total. The Morgan fingerprint density at radius 1 is 1.03 bits per heavy atom. The summed E-state index contributed by atoms with van der Waals surface area (Å²) in [7, 11) is 0. The molecule has 2 saturated heterocycles. The maximum Gasteiger partial charge on any atom is 0.245 e. The van der Waals surface area contributed by atoms with Crippen LogP contribution in [-0.4, -0.2) is 53.0 Å². The third-order valence-electron chi connectivity index (χ3n) is 8.42. The number of piperidine rings is 2. The monoisotopic (exact) mass is 574 g/mol. The number of aromatic nitrogens is 1. The van der Waals surface area contributed by atoms with Crippen LogP contribution in [0.4, 0.5) is 0 Å². The first-order valence-corrected chi connectivity index (χ1v) is 14.2. The Balaban J connectivity index is 1.31. The molecule has 0 unspecified atom stereocenters. The second-order valence-electron chi connectivity index (χ2n) is 10.6. The summed E-state index contributed by atoms with van der Waals surface area (Å²) in [5, 5.41) is 11.7. The van der Waals surface area contributed by atoms with Crippen molar-refractivity contribution in [3.8, 4) is 0 Å². The number of fused-ring (bicyclic) bond motifs is 2. The Hall–Kier alpha value is -2.12. The van der Waals surface area contributed by atoms with Gasteiger partial charge < -0.3 is 9.80 Å². The summed E-state index contributed by atoms with van der Waals surface area (Å²) in [6, 6.07) is 8.28. The zero-order chi connectivity index (χ0) is 25.4. The number of carbonyl (C=O) groups is 2. The van der Waals surface area contributed by atoms with Crippen molar-refractivity contribution < 1.29 is 19.5 Å². The standard InChI is InChI=1S/C28H34BrClN3O3/c1-18(34)31-10-6-19(7-11-31)14-26(35)32-12-8-20(9-13-32)27-25-5-4-24(30)16-21(25)2-3-22-15-23(29)17-33(36)28(22)27/h4-5,15-17,19-20,27,36H,2-3,6-14H2,1H3/q+1/t27-/m0/s1. The maximum atomic E-state index is 13.1. The summed E-state index contributed by atoms with van der Waals surface area (Å²) < 4.78 is 2.17. The van der Waals surface area contributed by atoms with E-state index in [2.05, 4.69) is 34.1 Å². The van der Waals surface area contributed by atoms with E-state index in [1.165, 1.54) is 15.9 Å². The molecule has 2 fully saturated rings. The van der Waals surface area contributed by atoms with Gasteiger partial charge in [0.05, 0.1) is 10.4 Å². The Kier molecular flexibility index (Phi) is 7.59. The van der Waals surface area contributed by atoms with E-state index in [-0.39, 0.29) is 17.7 Å². The molecule has 2 aromatic rings. The fraction of sp³-hybridized carbons (Fsp3) is 0.536. The van der Waals surface area contributed by atoms with E-state index < -0.39 is 0 Å². The molecule has 1 aliphatic carbocycles. The smallest absolute Gasteiger partial charge is 0.245 e. The third kappa shape index (κ3) is 5.28. The number of benzene rings is 1. The van der Waals surface area contributed by atoms with Crippen LogP contribution in [-0.2, 0) is 22.4 Å². The summed E-state index contributed by atoms with van der Waals surface area (Å²) in [5.74, 6) is 1.11. The maximum absolute atomic E-state index is 13.1. The molecule has 2 aliphatic heterocycles. The molecule has 0 spiro atoms. The highest BCUT2D eigenvalue weighted by Gasteiger charge is 2.40. The fourth-order valence-electron chi connectivity index (χ4n) is 6.45. The Morgan fingerprint density at radius 3 is 2.39 bits per heavy atom. The Labute approximate surface area is 226 Å². The Bertz CT molecular complexity index is 1160. The molecule has 3 heterocycles. The lowest BCUT2D eigenvalue weighted by Crippen LogP contribution is -2.44. The molecule has 0 radical (unpaired) electrons. The highest BCUT2D eigenvalue weighted by Crippen LogP contribution is 2.42. The summed E-state index contributed by atoms with van der Waals surface area (Å²) in [6.07, 6.45) is 7.65. The zero-order valence-electron chi connectivity index (χ0n) is 20.8. The van der Waals surface area contributed by atoms with Crippen LogP contribution in [0.1, 0.15) is 67.3 Å². The van der Waals surface area contributed by atoms with E-state index in [4.69, 9.17) is 11.6 Å². The van der Waals surface area contributed by atoms with Crippen LogP contribution in [0.3, 0.4) is 0 Å². The summed E-state index contributed by atoms with van der Waals surface area (Å²) in [5.41, 5.74) is 4.60. The molecule has 1 aromatic carbocycles. The van der Waals surface area contributed by atoms with E-state index >= 15 is 0 Å². The number of halogens is 2. The number of nitrogens with zero attached hydrogens (tertiary/aromatic N) is 3. The van der Waals surface area contributed by atoms with Crippen molar-refractivity contribution in [1.29, 1.82) is 0 Å². The van der Waals surface area contributed by atoms with Crippen LogP contribution >= 0.6 is 27.5 Å². The van der Waals surface area contributed by atoms with Gasteiger partial charge in [-0.25, -0.2) is 0 Å². The highest BCUT2D eigenvalue weighted by molar-refractivity contribution is 9.10. The molecule has 2 amide bonds. The van der Waals surface area contributed by atoms with Crippen LogP contribution in [0.25, 0.3) is 0 Å². The van der Waals surface area contributed by atoms with Crippen molar-refractivity contribution in [1.82, 2.24) is 9.80 Å². The van der Waals surface area contributed by atoms with Crippen LogP contribution in [0.5, 0.6) is 0 Å². The van der Waals surface area contributed by atoms with Crippen molar-refractivity contribution in [3.05, 3.63) is 62.3 Å². The normalized spacial score (nSPS) is 21.0. The lowest BCUT2D eigenvalue weighted by atomic mass is 9.76. The van der Waals surface area contributed by atoms with Crippen LogP contribution in [0.15, 0.2) is 34.9 Å². The number of likely N-dealkylation sites (tertiary alicyclic amines) is 2. The van der Waals surface area contributed by atoms with Gasteiger partial charge >= 0.3 is 0 Å². The molecular formula is C28H34BrClN3O3+. The van der Waals surface area contributed by atoms with Gasteiger partial charge in [0.2, 0.25) is 23.7 Å². The average molecular weight is 576 g/mol. The van der Waals surface area contributed by atoms with Crippen LogP contribution < -0.4 is 4.73 Å². The minimum absolute atomic E-state index is 0.0565. The summed E-state index contributed by atoms with van der Waals surface area (Å²) in [6.45, 7) is 4.62. The number of rotatable bonds is 3. The molecule has 1 atom stereocenters. The van der Waals surface area contributed by atoms with Crippen molar-refractivity contribution in [2.24, 2.45) is 11.8 Å². The van der Waals surface area contributed by atoms with Gasteiger partial charge in [-0.2, -0.15) is 0 Å². The zero-order valence-corrected chi connectivity index (χ0v) is 23.1. The topological polar surface area (TPSA) is 64.7 Å². The fourth-order valence-corrected chi connectivity index (χ4v) is 7.12. The van der Waals surface area contributed by atoms with E-state index in [0.29, 0.717) is 18.3 Å². The van der Waals surface area contributed by atoms with Gasteiger partial charge in [-0.15, -0.1) is 0 Å². The SMILES string of the molecule is CC(=O)N1CCC(CC(=O)N2CCC([C@H]3c4ccc(Cl)cc4CCc4cc(Br)c[n+](O)c43)CC2)CC1. The van der Waals surface area contributed by atoms with E-state index in [0.717, 1.165) is 85.5 Å². The van der Waals surface area contributed by atoms with Gasteiger partial charge in [-0.3, -0.25) is 14.8 Å². The van der Waals surface area contributed by atoms with Crippen molar-refractivity contribution in [3.63, 3.8) is 0 Å². The number of aryl methyl sites for hydroxylation is 2. The van der Waals surface area contributed by atoms with E-state index in [1.54, 1.807) is 13.1 Å². The van der Waals surface area contributed by atoms with Gasteiger partial charge in [0.15, 0.2) is 0 Å². The second-order valence-corrected chi connectivity index (χ2v) is 12.0. The van der Waals surface area contributed by atoms with Gasteiger partial charge in [0.25, 0.3) is 0 Å². The lowest BCUT2D eigenvalue weighted by Gasteiger charge is -2.37. The van der Waals surface area contributed by atoms with Crippen molar-refractivity contribution in [2.45, 2.75) is 57.8 Å². The number of hydrogen-bond donors (Lipinski definition) is 1. The van der Waals surface area contributed by atoms with Crippen molar-refractivity contribution in [2.75, 3.05) is 26.2 Å². The first-order valence-electron chi connectivity index (χ1n) is 13.0. The molecule has 0 saturated carbocycles. The van der Waals surface area contributed by atoms with Gasteiger partial charge in [0, 0.05) is 54.8 Å². The summed E-state index contributed by atoms with van der Waals surface area (Å²) in [4.78, 5) is 28.6. The van der Waals surface area contributed by atoms with Gasteiger partial charge in [0.1, 0.15) is 0 Å². The molecule has 0 bridgehead atoms. The van der Waals surface area contributed by atoms with Crippen LogP contribution in [0, 0.1) is 11.8 Å². The molecule has 1 aromatic heterocycles. The predicted molar refractivity (Wildman–Crippen MR) is 141 cm³/mol. The molecule has 5 rings (SSSR count). The minimum atomic E-state index is 0.0565. The first kappa shape index (κ1) is 25.5. The quantitative estimate of drug-likeness (QED) is 0.425. The number of hydrogen-bond acceptors (Lipinski definition) is 3. The number of pyridine rings is 1. The van der Waals surface area contributed by atoms with Gasteiger partial charge in [-0.05, 0) is 95.6 Å². The van der Waals surface area contributed by atoms with Crippen molar-refractivity contribution >= 4 is 39.3 Å². The molecule has 192 valence electrons. The second kappa shape index (κ2) is 10.7. The average Bonchev–Trinajstić information content (AvgIpc) is 3.01. The number of amides is 2. The minimum Gasteiger partial charge on any atom is -0.343 e. The predicted octanol–water partition coefficient (Wildman–Crippen LogP) is 4.75. The Morgan fingerprint density at radius 2 is 1.69 bits per heavy atom. The van der Waals surface area contributed by atoms with Gasteiger partial charge in [-0.1, -0.05) is 17.7 Å². The lowest BCUT2D eigenvalue weighted by molar-refractivity contribution is -0.911. The first-order chi connectivity index (χ1) is 17.3. The van der Waals surface area contributed by atoms with E-state index in [9.17, 15) is 14.8 Å². The number of carbonyl (C=O) groups excluding carboxylic acids is 2. The van der Waals surface area contributed by atoms with E-state index in [1.807, 2.05) is 15.9 Å². The molecule has 6 nitrogen and oxygen atoms in total.